The van der Waals surface area contributed by atoms with Gasteiger partial charge in [-0.05, 0) is 31.0 Å². The number of carbonyl (C=O) groups is 2. The Kier molecular flexibility index (Phi) is 5.11. The van der Waals surface area contributed by atoms with Crippen LogP contribution in [0, 0.1) is 5.92 Å². The van der Waals surface area contributed by atoms with Crippen LogP contribution in [-0.4, -0.2) is 34.4 Å². The van der Waals surface area contributed by atoms with E-state index in [4.69, 9.17) is 11.6 Å². The summed E-state index contributed by atoms with van der Waals surface area (Å²) in [6.45, 7) is 0.609. The van der Waals surface area contributed by atoms with Crippen LogP contribution in [0.4, 0.5) is 5.82 Å². The topological polar surface area (TPSA) is 96.0 Å². The number of benzene rings is 1. The highest BCUT2D eigenvalue weighted by molar-refractivity contribution is 6.31. The molecule has 1 unspecified atom stereocenters. The van der Waals surface area contributed by atoms with Gasteiger partial charge in [-0.1, -0.05) is 24.4 Å². The van der Waals surface area contributed by atoms with E-state index in [9.17, 15) is 9.59 Å². The Labute approximate surface area is 162 Å². The molecule has 27 heavy (non-hydrogen) atoms. The van der Waals surface area contributed by atoms with E-state index in [2.05, 4.69) is 25.9 Å². The summed E-state index contributed by atoms with van der Waals surface area (Å²) in [7, 11) is 0. The zero-order chi connectivity index (χ0) is 18.8. The van der Waals surface area contributed by atoms with E-state index in [1.165, 1.54) is 12.8 Å². The van der Waals surface area contributed by atoms with Gasteiger partial charge in [-0.25, -0.2) is 9.97 Å². The molecule has 1 saturated carbocycles. The average Bonchev–Trinajstić information content (AvgIpc) is 3.32. The second-order valence-corrected chi connectivity index (χ2v) is 7.63. The van der Waals surface area contributed by atoms with E-state index >= 15 is 0 Å². The van der Waals surface area contributed by atoms with Crippen molar-refractivity contribution in [3.05, 3.63) is 29.0 Å². The molecule has 2 aromatic rings. The summed E-state index contributed by atoms with van der Waals surface area (Å²) >= 11 is 6.16. The van der Waals surface area contributed by atoms with Gasteiger partial charge in [0.1, 0.15) is 5.82 Å². The SMILES string of the molecule is O=C1CC(C(=O)NCc2nc(NC3CCCC3)c3cc(Cl)ccc3n2)CN1. The molecule has 0 radical (unpaired) electrons. The molecule has 2 fully saturated rings. The lowest BCUT2D eigenvalue weighted by Crippen LogP contribution is -2.32. The molecule has 1 aliphatic carbocycles. The van der Waals surface area contributed by atoms with Crippen LogP contribution in [0.2, 0.25) is 5.02 Å². The van der Waals surface area contributed by atoms with Gasteiger partial charge in [0.15, 0.2) is 5.82 Å². The Hall–Kier alpha value is -2.41. The third-order valence-corrected chi connectivity index (χ3v) is 5.40. The molecular weight excluding hydrogens is 366 g/mol. The first kappa shape index (κ1) is 18.0. The molecule has 1 saturated heterocycles. The van der Waals surface area contributed by atoms with E-state index < -0.39 is 0 Å². The minimum Gasteiger partial charge on any atom is -0.367 e. The molecule has 4 rings (SSSR count). The quantitative estimate of drug-likeness (QED) is 0.732. The molecule has 1 aromatic heterocycles. The van der Waals surface area contributed by atoms with Gasteiger partial charge >= 0.3 is 0 Å². The number of aromatic nitrogens is 2. The van der Waals surface area contributed by atoms with Crippen LogP contribution in [-0.2, 0) is 16.1 Å². The number of fused-ring (bicyclic) bond motifs is 1. The number of amides is 2. The van der Waals surface area contributed by atoms with E-state index in [1.807, 2.05) is 12.1 Å². The van der Waals surface area contributed by atoms with Crippen molar-refractivity contribution in [2.75, 3.05) is 11.9 Å². The number of halogens is 1. The van der Waals surface area contributed by atoms with Crippen LogP contribution >= 0.6 is 11.6 Å². The zero-order valence-corrected chi connectivity index (χ0v) is 15.7. The van der Waals surface area contributed by atoms with Crippen molar-refractivity contribution in [3.8, 4) is 0 Å². The summed E-state index contributed by atoms with van der Waals surface area (Å²) in [5.41, 5.74) is 0.789. The van der Waals surface area contributed by atoms with Crippen LogP contribution in [0.3, 0.4) is 0 Å². The largest absolute Gasteiger partial charge is 0.367 e. The maximum Gasteiger partial charge on any atom is 0.225 e. The van der Waals surface area contributed by atoms with Crippen LogP contribution in [0.25, 0.3) is 10.9 Å². The van der Waals surface area contributed by atoms with Gasteiger partial charge in [-0.15, -0.1) is 0 Å². The monoisotopic (exact) mass is 387 g/mol. The molecule has 142 valence electrons. The molecule has 0 spiro atoms. The van der Waals surface area contributed by atoms with Crippen molar-refractivity contribution in [1.82, 2.24) is 20.6 Å². The maximum atomic E-state index is 12.2. The van der Waals surface area contributed by atoms with Gasteiger partial charge in [0.2, 0.25) is 11.8 Å². The van der Waals surface area contributed by atoms with Crippen LogP contribution < -0.4 is 16.0 Å². The number of nitrogens with one attached hydrogen (secondary N) is 3. The summed E-state index contributed by atoms with van der Waals surface area (Å²) in [5, 5.41) is 10.6. The summed E-state index contributed by atoms with van der Waals surface area (Å²) in [6.07, 6.45) is 4.93. The smallest absolute Gasteiger partial charge is 0.225 e. The first-order valence-electron chi connectivity index (χ1n) is 9.35. The average molecular weight is 388 g/mol. The van der Waals surface area contributed by atoms with Gasteiger partial charge < -0.3 is 16.0 Å². The fraction of sp³-hybridized carbons (Fsp3) is 0.474. The Morgan fingerprint density at radius 3 is 2.81 bits per heavy atom. The lowest BCUT2D eigenvalue weighted by molar-refractivity contribution is -0.126. The van der Waals surface area contributed by atoms with E-state index in [0.29, 0.717) is 23.4 Å². The predicted molar refractivity (Wildman–Crippen MR) is 103 cm³/mol. The maximum absolute atomic E-state index is 12.2. The zero-order valence-electron chi connectivity index (χ0n) is 14.9. The molecule has 2 amide bonds. The first-order chi connectivity index (χ1) is 13.1. The number of nitrogens with zero attached hydrogens (tertiary/aromatic N) is 2. The molecular formula is C19H22ClN5O2. The minimum absolute atomic E-state index is 0.0861. The van der Waals surface area contributed by atoms with Crippen molar-refractivity contribution in [2.45, 2.75) is 44.7 Å². The van der Waals surface area contributed by atoms with E-state index in [1.54, 1.807) is 6.07 Å². The third kappa shape index (κ3) is 4.13. The molecule has 1 aliphatic heterocycles. The van der Waals surface area contributed by atoms with Gasteiger partial charge in [0, 0.05) is 29.4 Å². The second-order valence-electron chi connectivity index (χ2n) is 7.20. The molecule has 1 atom stereocenters. The Morgan fingerprint density at radius 2 is 2.07 bits per heavy atom. The molecule has 2 aliphatic rings. The van der Waals surface area contributed by atoms with Gasteiger partial charge in [0.05, 0.1) is 18.0 Å². The van der Waals surface area contributed by atoms with Crippen molar-refractivity contribution < 1.29 is 9.59 Å². The Bertz CT molecular complexity index is 882. The Balaban J connectivity index is 1.54. The highest BCUT2D eigenvalue weighted by Gasteiger charge is 2.27. The molecule has 0 bridgehead atoms. The number of hydrogen-bond donors (Lipinski definition) is 3. The van der Waals surface area contributed by atoms with E-state index in [-0.39, 0.29) is 30.7 Å². The normalized spacial score (nSPS) is 20.0. The van der Waals surface area contributed by atoms with E-state index in [0.717, 1.165) is 29.6 Å². The summed E-state index contributed by atoms with van der Waals surface area (Å²) in [4.78, 5) is 32.7. The molecule has 7 nitrogen and oxygen atoms in total. The van der Waals surface area contributed by atoms with Crippen LogP contribution in [0.15, 0.2) is 18.2 Å². The van der Waals surface area contributed by atoms with Gasteiger partial charge in [-0.2, -0.15) is 0 Å². The van der Waals surface area contributed by atoms with Crippen LogP contribution in [0.5, 0.6) is 0 Å². The number of rotatable bonds is 5. The lowest BCUT2D eigenvalue weighted by atomic mass is 10.1. The highest BCUT2D eigenvalue weighted by Crippen LogP contribution is 2.28. The van der Waals surface area contributed by atoms with Crippen molar-refractivity contribution in [1.29, 1.82) is 0 Å². The lowest BCUT2D eigenvalue weighted by Gasteiger charge is -2.16. The van der Waals surface area contributed by atoms with Crippen molar-refractivity contribution in [2.24, 2.45) is 5.92 Å². The number of carbonyl (C=O) groups excluding carboxylic acids is 2. The second kappa shape index (κ2) is 7.68. The van der Waals surface area contributed by atoms with Crippen molar-refractivity contribution >= 4 is 40.1 Å². The predicted octanol–water partition coefficient (Wildman–Crippen LogP) is 2.39. The molecule has 3 N–H and O–H groups in total. The van der Waals surface area contributed by atoms with Gasteiger partial charge in [0.25, 0.3) is 0 Å². The number of hydrogen-bond acceptors (Lipinski definition) is 5. The molecule has 2 heterocycles. The molecule has 1 aromatic carbocycles. The third-order valence-electron chi connectivity index (χ3n) is 5.17. The van der Waals surface area contributed by atoms with Crippen LogP contribution in [0.1, 0.15) is 37.9 Å². The summed E-state index contributed by atoms with van der Waals surface area (Å²) < 4.78 is 0. The van der Waals surface area contributed by atoms with Crippen molar-refractivity contribution in [3.63, 3.8) is 0 Å². The fourth-order valence-corrected chi connectivity index (χ4v) is 3.87. The first-order valence-corrected chi connectivity index (χ1v) is 9.73. The minimum atomic E-state index is -0.326. The molecule has 8 heteroatoms. The number of anilines is 1. The standard InChI is InChI=1S/C19H22ClN5O2/c20-12-5-6-15-14(8-12)18(23-13-3-1-2-4-13)25-16(24-15)10-22-19(27)11-7-17(26)21-9-11/h5-6,8,11,13H,1-4,7,9-10H2,(H,21,26)(H,22,27)(H,23,24,25). The summed E-state index contributed by atoms with van der Waals surface area (Å²) in [5.74, 6) is 0.732. The van der Waals surface area contributed by atoms with Gasteiger partial charge in [-0.3, -0.25) is 9.59 Å². The highest BCUT2D eigenvalue weighted by atomic mass is 35.5. The summed E-state index contributed by atoms with van der Waals surface area (Å²) in [6, 6.07) is 5.94. The fourth-order valence-electron chi connectivity index (χ4n) is 3.70. The Morgan fingerprint density at radius 1 is 1.26 bits per heavy atom.